The third-order valence-corrected chi connectivity index (χ3v) is 6.86. The number of anilines is 1. The van der Waals surface area contributed by atoms with E-state index < -0.39 is 0 Å². The summed E-state index contributed by atoms with van der Waals surface area (Å²) in [6.07, 6.45) is 2.66. The Morgan fingerprint density at radius 3 is 2.62 bits per heavy atom. The number of carbonyl (C=O) groups excluding carboxylic acids is 1. The highest BCUT2D eigenvalue weighted by molar-refractivity contribution is 5.95. The maximum absolute atomic E-state index is 13.3. The van der Waals surface area contributed by atoms with E-state index in [-0.39, 0.29) is 5.91 Å². The number of benzene rings is 1. The van der Waals surface area contributed by atoms with Gasteiger partial charge in [0.05, 0.1) is 24.1 Å². The molecule has 4 heterocycles. The van der Waals surface area contributed by atoms with Crippen molar-refractivity contribution in [3.05, 3.63) is 70.5 Å². The quantitative estimate of drug-likeness (QED) is 0.609. The summed E-state index contributed by atoms with van der Waals surface area (Å²) in [7, 11) is 0. The summed E-state index contributed by atoms with van der Waals surface area (Å²) in [6, 6.07) is 10.7. The van der Waals surface area contributed by atoms with Gasteiger partial charge in [0, 0.05) is 50.0 Å². The summed E-state index contributed by atoms with van der Waals surface area (Å²) >= 11 is 0. The van der Waals surface area contributed by atoms with E-state index in [1.165, 1.54) is 11.3 Å². The molecule has 0 spiro atoms. The minimum Gasteiger partial charge on any atom is -0.467 e. The zero-order chi connectivity index (χ0) is 22.2. The van der Waals surface area contributed by atoms with Gasteiger partial charge in [0.15, 0.2) is 0 Å². The minimum atomic E-state index is 0.0610. The number of aryl methyl sites for hydroxylation is 2. The molecule has 1 aromatic carbocycles. The van der Waals surface area contributed by atoms with Crippen LogP contribution in [0.1, 0.15) is 45.6 Å². The fourth-order valence-corrected chi connectivity index (χ4v) is 4.91. The highest BCUT2D eigenvalue weighted by Crippen LogP contribution is 2.33. The van der Waals surface area contributed by atoms with Crippen molar-refractivity contribution in [1.29, 1.82) is 0 Å². The van der Waals surface area contributed by atoms with E-state index in [1.54, 1.807) is 6.26 Å². The van der Waals surface area contributed by atoms with Crippen molar-refractivity contribution in [2.24, 2.45) is 0 Å². The van der Waals surface area contributed by atoms with Gasteiger partial charge >= 0.3 is 0 Å². The molecule has 1 amide bonds. The largest absolute Gasteiger partial charge is 0.467 e. The Balaban J connectivity index is 1.24. The molecule has 0 saturated carbocycles. The molecule has 0 N–H and O–H groups in total. The van der Waals surface area contributed by atoms with Gasteiger partial charge in [-0.05, 0) is 44.9 Å². The number of aromatic nitrogens is 1. The molecule has 1 fully saturated rings. The molecule has 2 aliphatic heterocycles. The van der Waals surface area contributed by atoms with Crippen molar-refractivity contribution >= 4 is 11.6 Å². The van der Waals surface area contributed by atoms with E-state index in [1.807, 2.05) is 24.8 Å². The van der Waals surface area contributed by atoms with Crippen LogP contribution in [0, 0.1) is 13.8 Å². The van der Waals surface area contributed by atoms with Crippen LogP contribution in [0.2, 0.25) is 0 Å². The zero-order valence-electron chi connectivity index (χ0n) is 19.0. The molecule has 1 saturated heterocycles. The summed E-state index contributed by atoms with van der Waals surface area (Å²) < 4.78 is 11.1. The van der Waals surface area contributed by atoms with Crippen molar-refractivity contribution in [3.8, 4) is 0 Å². The molecule has 0 aliphatic carbocycles. The Morgan fingerprint density at radius 1 is 1.09 bits per heavy atom. The van der Waals surface area contributed by atoms with E-state index in [9.17, 15) is 4.79 Å². The molecular weight excluding hydrogens is 404 g/mol. The van der Waals surface area contributed by atoms with E-state index >= 15 is 0 Å². The smallest absolute Gasteiger partial charge is 0.257 e. The number of carbonyl (C=O) groups is 1. The summed E-state index contributed by atoms with van der Waals surface area (Å²) in [6.45, 7) is 10.7. The van der Waals surface area contributed by atoms with E-state index in [0.29, 0.717) is 31.2 Å². The minimum absolute atomic E-state index is 0.0610. The molecule has 0 radical (unpaired) electrons. The second-order valence-electron chi connectivity index (χ2n) is 8.94. The van der Waals surface area contributed by atoms with Crippen LogP contribution in [-0.4, -0.2) is 53.1 Å². The molecule has 5 rings (SSSR count). The van der Waals surface area contributed by atoms with Crippen LogP contribution in [0.3, 0.4) is 0 Å². The molecule has 32 heavy (non-hydrogen) atoms. The van der Waals surface area contributed by atoms with Gasteiger partial charge in [-0.15, -0.1) is 0 Å². The van der Waals surface area contributed by atoms with Gasteiger partial charge in [-0.2, -0.15) is 0 Å². The van der Waals surface area contributed by atoms with Crippen LogP contribution in [0.4, 0.5) is 5.69 Å². The molecule has 7 heteroatoms. The summed E-state index contributed by atoms with van der Waals surface area (Å²) in [5.74, 6) is 1.68. The summed E-state index contributed by atoms with van der Waals surface area (Å²) in [5.41, 5.74) is 5.38. The van der Waals surface area contributed by atoms with Crippen LogP contribution in [0.5, 0.6) is 0 Å². The molecule has 1 atom stereocenters. The maximum atomic E-state index is 13.3. The van der Waals surface area contributed by atoms with Crippen molar-refractivity contribution in [2.75, 3.05) is 31.1 Å². The number of amides is 1. The van der Waals surface area contributed by atoms with Crippen LogP contribution in [0.15, 0.2) is 45.5 Å². The topological polar surface area (TPSA) is 66.0 Å². The van der Waals surface area contributed by atoms with Gasteiger partial charge in [-0.1, -0.05) is 23.4 Å². The Bertz CT molecular complexity index is 1090. The first-order chi connectivity index (χ1) is 15.5. The van der Waals surface area contributed by atoms with Crippen molar-refractivity contribution in [2.45, 2.75) is 46.3 Å². The average molecular weight is 435 g/mol. The average Bonchev–Trinajstić information content (AvgIpc) is 3.48. The number of hydrogen-bond donors (Lipinski definition) is 0. The Kier molecular flexibility index (Phi) is 5.51. The lowest BCUT2D eigenvalue weighted by Gasteiger charge is -2.34. The van der Waals surface area contributed by atoms with E-state index in [4.69, 9.17) is 8.94 Å². The number of hydrogen-bond acceptors (Lipinski definition) is 6. The second kappa shape index (κ2) is 8.47. The molecule has 168 valence electrons. The fourth-order valence-electron chi connectivity index (χ4n) is 4.91. The lowest BCUT2D eigenvalue weighted by atomic mass is 10.1. The number of nitrogens with zero attached hydrogens (tertiary/aromatic N) is 4. The second-order valence-corrected chi connectivity index (χ2v) is 8.94. The van der Waals surface area contributed by atoms with Crippen LogP contribution in [0.25, 0.3) is 0 Å². The highest BCUT2D eigenvalue weighted by Gasteiger charge is 2.30. The van der Waals surface area contributed by atoms with Crippen molar-refractivity contribution in [3.63, 3.8) is 0 Å². The molecule has 2 aliphatic rings. The first kappa shape index (κ1) is 20.8. The highest BCUT2D eigenvalue weighted by atomic mass is 16.5. The Labute approximate surface area is 188 Å². The molecule has 0 bridgehead atoms. The lowest BCUT2D eigenvalue weighted by Crippen LogP contribution is -2.48. The number of furan rings is 1. The molecular formula is C25H30N4O3. The SMILES string of the molecule is Cc1noc(C)c1CN1CCN(C(=O)c2ccoc2CN2c3ccccc3CC2C)CC1. The monoisotopic (exact) mass is 434 g/mol. The lowest BCUT2D eigenvalue weighted by molar-refractivity contribution is 0.0625. The van der Waals surface area contributed by atoms with Gasteiger partial charge in [0.25, 0.3) is 5.91 Å². The van der Waals surface area contributed by atoms with Gasteiger partial charge in [-0.3, -0.25) is 9.69 Å². The number of rotatable bonds is 5. The standard InChI is InChI=1S/C25H30N4O3/c1-17-14-20-6-4-5-7-23(20)29(17)16-24-21(8-13-31-24)25(30)28-11-9-27(10-12-28)15-22-18(2)26-32-19(22)3/h4-8,13,17H,9-12,14-16H2,1-3H3. The molecule has 3 aromatic rings. The van der Waals surface area contributed by atoms with E-state index in [2.05, 4.69) is 46.1 Å². The number of piperazine rings is 1. The summed E-state index contributed by atoms with van der Waals surface area (Å²) in [4.78, 5) is 20.0. The molecule has 7 nitrogen and oxygen atoms in total. The van der Waals surface area contributed by atoms with E-state index in [0.717, 1.165) is 48.8 Å². The zero-order valence-corrected chi connectivity index (χ0v) is 19.0. The van der Waals surface area contributed by atoms with Gasteiger partial charge < -0.3 is 18.7 Å². The summed E-state index contributed by atoms with van der Waals surface area (Å²) in [5, 5.41) is 4.05. The predicted molar refractivity (Wildman–Crippen MR) is 122 cm³/mol. The molecule has 2 aromatic heterocycles. The normalized spacial score (nSPS) is 18.9. The van der Waals surface area contributed by atoms with Crippen LogP contribution in [-0.2, 0) is 19.5 Å². The maximum Gasteiger partial charge on any atom is 0.257 e. The third-order valence-electron chi connectivity index (χ3n) is 6.86. The van der Waals surface area contributed by atoms with Gasteiger partial charge in [0.2, 0.25) is 0 Å². The van der Waals surface area contributed by atoms with Crippen molar-refractivity contribution < 1.29 is 13.7 Å². The third kappa shape index (κ3) is 3.81. The molecule has 1 unspecified atom stereocenters. The predicted octanol–water partition coefficient (Wildman–Crippen LogP) is 3.79. The van der Waals surface area contributed by atoms with Crippen molar-refractivity contribution in [1.82, 2.24) is 15.0 Å². The Morgan fingerprint density at radius 2 is 1.88 bits per heavy atom. The van der Waals surface area contributed by atoms with Gasteiger partial charge in [-0.25, -0.2) is 0 Å². The fraction of sp³-hybridized carbons (Fsp3) is 0.440. The first-order valence-corrected chi connectivity index (χ1v) is 11.4. The number of para-hydroxylation sites is 1. The van der Waals surface area contributed by atoms with Crippen LogP contribution < -0.4 is 4.90 Å². The number of fused-ring (bicyclic) bond motifs is 1. The van der Waals surface area contributed by atoms with Crippen LogP contribution >= 0.6 is 0 Å². The first-order valence-electron chi connectivity index (χ1n) is 11.4. The van der Waals surface area contributed by atoms with Gasteiger partial charge in [0.1, 0.15) is 11.5 Å². The Hall–Kier alpha value is -3.06.